The summed E-state index contributed by atoms with van der Waals surface area (Å²) in [6.45, 7) is 0. The summed E-state index contributed by atoms with van der Waals surface area (Å²) in [6, 6.07) is 9.29. The van der Waals surface area contributed by atoms with E-state index in [1.807, 2.05) is 0 Å². The topological polar surface area (TPSA) is 72.2 Å². The maximum atomic E-state index is 14.6. The predicted octanol–water partition coefficient (Wildman–Crippen LogP) is 4.72. The molecule has 0 spiro atoms. The van der Waals surface area contributed by atoms with Crippen molar-refractivity contribution in [1.29, 1.82) is 0 Å². The second-order valence-corrected chi connectivity index (χ2v) is 9.45. The zero-order valence-electron chi connectivity index (χ0n) is 16.0. The van der Waals surface area contributed by atoms with Crippen molar-refractivity contribution in [2.75, 3.05) is 5.75 Å². The van der Waals surface area contributed by atoms with Crippen molar-refractivity contribution in [3.63, 3.8) is 0 Å². The number of halogens is 3. The zero-order chi connectivity index (χ0) is 22.2. The quantitative estimate of drug-likeness (QED) is 0.551. The van der Waals surface area contributed by atoms with E-state index in [0.717, 1.165) is 23.8 Å². The number of rotatable bonds is 5. The molecule has 0 fully saturated rings. The number of nitrogens with zero attached hydrogens (tertiary/aromatic N) is 2. The molecular formula is C21H17F3N2O3S2. The highest BCUT2D eigenvalue weighted by atomic mass is 32.2. The lowest BCUT2D eigenvalue weighted by molar-refractivity contribution is 0.494. The Bertz CT molecular complexity index is 1270. The predicted molar refractivity (Wildman–Crippen MR) is 113 cm³/mol. The van der Waals surface area contributed by atoms with Gasteiger partial charge in [0, 0.05) is 29.1 Å². The van der Waals surface area contributed by atoms with E-state index in [2.05, 4.69) is 5.10 Å². The Hall–Kier alpha value is -2.56. The van der Waals surface area contributed by atoms with E-state index in [1.54, 1.807) is 23.9 Å². The van der Waals surface area contributed by atoms with Crippen LogP contribution in [0.15, 0.2) is 47.9 Å². The molecule has 1 N–H and O–H groups in total. The molecule has 3 aromatic rings. The maximum Gasteiger partial charge on any atom is 0.287 e. The van der Waals surface area contributed by atoms with Crippen LogP contribution in [0.25, 0.3) is 11.8 Å². The number of hydrogen-bond donors (Lipinski definition) is 1. The van der Waals surface area contributed by atoms with Crippen LogP contribution >= 0.6 is 11.8 Å². The molecule has 1 aliphatic rings. The second kappa shape index (κ2) is 8.52. The molecular weight excluding hydrogens is 449 g/mol. The van der Waals surface area contributed by atoms with Crippen molar-refractivity contribution in [3.8, 4) is 5.69 Å². The molecule has 31 heavy (non-hydrogen) atoms. The first-order valence-corrected chi connectivity index (χ1v) is 11.9. The van der Waals surface area contributed by atoms with Gasteiger partial charge in [0.15, 0.2) is 5.82 Å². The lowest BCUT2D eigenvalue weighted by Gasteiger charge is -2.24. The molecule has 10 heteroatoms. The van der Waals surface area contributed by atoms with Gasteiger partial charge in [0.2, 0.25) is 0 Å². The van der Waals surface area contributed by atoms with Crippen molar-refractivity contribution in [2.24, 2.45) is 0 Å². The van der Waals surface area contributed by atoms with Crippen LogP contribution in [0, 0.1) is 17.5 Å². The monoisotopic (exact) mass is 466 g/mol. The molecule has 0 saturated heterocycles. The molecule has 5 nitrogen and oxygen atoms in total. The molecule has 1 atom stereocenters. The van der Waals surface area contributed by atoms with Crippen molar-refractivity contribution in [3.05, 3.63) is 87.8 Å². The normalized spacial score (nSPS) is 16.6. The lowest BCUT2D eigenvalue weighted by Crippen LogP contribution is -2.18. The van der Waals surface area contributed by atoms with E-state index in [4.69, 9.17) is 4.55 Å². The minimum Gasteiger partial charge on any atom is -0.282 e. The number of hydrogen-bond acceptors (Lipinski definition) is 4. The molecule has 0 radical (unpaired) electrons. The van der Waals surface area contributed by atoms with Gasteiger partial charge in [-0.1, -0.05) is 12.1 Å². The number of thioether (sulfide) groups is 1. The van der Waals surface area contributed by atoms with Crippen molar-refractivity contribution >= 4 is 28.0 Å². The van der Waals surface area contributed by atoms with E-state index >= 15 is 0 Å². The molecule has 0 amide bonds. The summed E-state index contributed by atoms with van der Waals surface area (Å²) in [7, 11) is -4.39. The van der Waals surface area contributed by atoms with Crippen LogP contribution in [0.2, 0.25) is 0 Å². The van der Waals surface area contributed by atoms with Gasteiger partial charge in [-0.3, -0.25) is 4.55 Å². The van der Waals surface area contributed by atoms with Gasteiger partial charge in [-0.15, -0.1) is 0 Å². The van der Waals surface area contributed by atoms with Crippen LogP contribution in [-0.4, -0.2) is 28.5 Å². The van der Waals surface area contributed by atoms with Gasteiger partial charge in [-0.05, 0) is 42.3 Å². The number of aromatic nitrogens is 2. The van der Waals surface area contributed by atoms with Gasteiger partial charge >= 0.3 is 0 Å². The Balaban J connectivity index is 1.86. The van der Waals surface area contributed by atoms with Crippen molar-refractivity contribution in [2.45, 2.75) is 18.1 Å². The number of benzene rings is 2. The van der Waals surface area contributed by atoms with Gasteiger partial charge in [-0.25, -0.2) is 17.9 Å². The van der Waals surface area contributed by atoms with Crippen LogP contribution < -0.4 is 0 Å². The third-order valence-electron chi connectivity index (χ3n) is 4.91. The lowest BCUT2D eigenvalue weighted by atomic mass is 9.94. The van der Waals surface area contributed by atoms with Crippen molar-refractivity contribution in [1.82, 2.24) is 9.78 Å². The fourth-order valence-electron chi connectivity index (χ4n) is 3.66. The third kappa shape index (κ3) is 4.86. The van der Waals surface area contributed by atoms with Gasteiger partial charge in [-0.2, -0.15) is 25.3 Å². The Morgan fingerprint density at radius 1 is 1.16 bits per heavy atom. The first kappa shape index (κ1) is 21.7. The van der Waals surface area contributed by atoms with Crippen LogP contribution in [0.5, 0.6) is 0 Å². The van der Waals surface area contributed by atoms with Gasteiger partial charge in [0.05, 0.1) is 16.8 Å². The molecule has 2 aromatic carbocycles. The Morgan fingerprint density at radius 2 is 1.94 bits per heavy atom. The van der Waals surface area contributed by atoms with Crippen molar-refractivity contribution < 1.29 is 26.1 Å². The van der Waals surface area contributed by atoms with E-state index < -0.39 is 21.8 Å². The highest BCUT2D eigenvalue weighted by Gasteiger charge is 2.30. The van der Waals surface area contributed by atoms with E-state index in [1.165, 1.54) is 22.9 Å². The zero-order valence-corrected chi connectivity index (χ0v) is 17.6. The first-order valence-electron chi connectivity index (χ1n) is 9.26. The summed E-state index contributed by atoms with van der Waals surface area (Å²) < 4.78 is 74.5. The largest absolute Gasteiger partial charge is 0.287 e. The smallest absolute Gasteiger partial charge is 0.282 e. The molecule has 1 aliphatic heterocycles. The van der Waals surface area contributed by atoms with Gasteiger partial charge in [0.1, 0.15) is 17.3 Å². The fourth-order valence-corrected chi connectivity index (χ4v) is 5.13. The van der Waals surface area contributed by atoms with Crippen LogP contribution in [0.1, 0.15) is 28.4 Å². The Labute approximate surface area is 181 Å². The molecule has 1 unspecified atom stereocenters. The molecule has 4 rings (SSSR count). The summed E-state index contributed by atoms with van der Waals surface area (Å²) in [5.74, 6) is -0.960. The average molecular weight is 467 g/mol. The SMILES string of the molecule is O=S(=O)(O)/C=C/c1nn(-c2ccc(F)cc2F)c2c1CSCC2Cc1cccc(F)c1. The second-order valence-electron chi connectivity index (χ2n) is 7.12. The van der Waals surface area contributed by atoms with E-state index in [-0.39, 0.29) is 23.1 Å². The maximum absolute atomic E-state index is 14.6. The average Bonchev–Trinajstić information content (AvgIpc) is 3.05. The summed E-state index contributed by atoms with van der Waals surface area (Å²) in [6.07, 6.45) is 1.60. The molecule has 162 valence electrons. The van der Waals surface area contributed by atoms with Crippen LogP contribution in [-0.2, 0) is 22.3 Å². The highest BCUT2D eigenvalue weighted by molar-refractivity contribution is 7.98. The van der Waals surface area contributed by atoms with Crippen LogP contribution in [0.3, 0.4) is 0 Å². The summed E-state index contributed by atoms with van der Waals surface area (Å²) >= 11 is 1.59. The Morgan fingerprint density at radius 3 is 2.65 bits per heavy atom. The van der Waals surface area contributed by atoms with E-state index in [0.29, 0.717) is 34.6 Å². The van der Waals surface area contributed by atoms with Crippen LogP contribution in [0.4, 0.5) is 13.2 Å². The molecule has 0 aliphatic carbocycles. The molecule has 1 aromatic heterocycles. The molecule has 0 bridgehead atoms. The number of fused-ring (bicyclic) bond motifs is 1. The van der Waals surface area contributed by atoms with Gasteiger partial charge in [0.25, 0.3) is 10.1 Å². The summed E-state index contributed by atoms with van der Waals surface area (Å²) in [5.41, 5.74) is 2.35. The molecule has 2 heterocycles. The Kier molecular flexibility index (Phi) is 5.96. The summed E-state index contributed by atoms with van der Waals surface area (Å²) in [4.78, 5) is 0. The summed E-state index contributed by atoms with van der Waals surface area (Å²) in [5, 5.41) is 4.98. The molecule has 0 saturated carbocycles. The highest BCUT2D eigenvalue weighted by Crippen LogP contribution is 2.39. The third-order valence-corrected chi connectivity index (χ3v) is 6.52. The van der Waals surface area contributed by atoms with Gasteiger partial charge < -0.3 is 0 Å². The fraction of sp³-hybridized carbons (Fsp3) is 0.190. The minimum atomic E-state index is -4.39. The standard InChI is InChI=1S/C21H17F3N2O3S2/c22-15-3-1-2-13(9-15)8-14-11-30-12-17-19(6-7-31(27,28)29)25-26(21(14)17)20-5-4-16(23)10-18(20)24/h1-7,9-10,14H,8,11-12H2,(H,27,28,29)/b7-6+. The van der Waals surface area contributed by atoms with E-state index in [9.17, 15) is 21.6 Å². The first-order chi connectivity index (χ1) is 14.7. The minimum absolute atomic E-state index is 0.0142.